The molecule has 1 aliphatic heterocycles. The van der Waals surface area contributed by atoms with Gasteiger partial charge >= 0.3 is 0 Å². The number of rotatable bonds is 6. The number of nitrogens with one attached hydrogen (secondary N) is 1. The number of nitrogens with zero attached hydrogens (tertiary/aromatic N) is 1. The minimum atomic E-state index is -0.0970. The molecule has 2 nitrogen and oxygen atoms in total. The van der Waals surface area contributed by atoms with Crippen molar-refractivity contribution < 1.29 is 4.39 Å². The van der Waals surface area contributed by atoms with E-state index < -0.39 is 0 Å². The van der Waals surface area contributed by atoms with Gasteiger partial charge in [0.05, 0.1) is 0 Å². The first-order valence-electron chi connectivity index (χ1n) is 7.82. The molecule has 2 unspecified atom stereocenters. The van der Waals surface area contributed by atoms with Gasteiger partial charge in [-0.2, -0.15) is 0 Å². The Labute approximate surface area is 122 Å². The summed E-state index contributed by atoms with van der Waals surface area (Å²) in [6.45, 7) is 10.7. The van der Waals surface area contributed by atoms with Gasteiger partial charge in [0, 0.05) is 12.6 Å². The predicted octanol–water partition coefficient (Wildman–Crippen LogP) is 3.52. The molecule has 1 fully saturated rings. The van der Waals surface area contributed by atoms with Crippen LogP contribution in [0.25, 0.3) is 0 Å². The van der Waals surface area contributed by atoms with E-state index in [0.29, 0.717) is 0 Å². The van der Waals surface area contributed by atoms with E-state index in [1.165, 1.54) is 19.5 Å². The second kappa shape index (κ2) is 7.19. The van der Waals surface area contributed by atoms with Crippen LogP contribution in [0, 0.1) is 18.7 Å². The van der Waals surface area contributed by atoms with Gasteiger partial charge in [0.2, 0.25) is 0 Å². The molecule has 0 spiro atoms. The molecule has 0 aliphatic carbocycles. The maximum atomic E-state index is 13.7. The van der Waals surface area contributed by atoms with Gasteiger partial charge in [-0.25, -0.2) is 4.39 Å². The molecule has 1 N–H and O–H groups in total. The summed E-state index contributed by atoms with van der Waals surface area (Å²) in [5.41, 5.74) is 1.79. The Balaban J connectivity index is 1.97. The van der Waals surface area contributed by atoms with Crippen molar-refractivity contribution >= 4 is 0 Å². The van der Waals surface area contributed by atoms with Gasteiger partial charge in [0.15, 0.2) is 0 Å². The Hall–Kier alpha value is -0.930. The molecule has 0 aromatic heterocycles. The number of aryl methyl sites for hydroxylation is 1. The maximum Gasteiger partial charge on any atom is 0.126 e. The molecule has 0 amide bonds. The molecule has 1 aromatic carbocycles. The van der Waals surface area contributed by atoms with Crippen molar-refractivity contribution in [2.45, 2.75) is 39.7 Å². The average Bonchev–Trinajstić information content (AvgIpc) is 2.84. The van der Waals surface area contributed by atoms with Crippen molar-refractivity contribution in [1.29, 1.82) is 0 Å². The summed E-state index contributed by atoms with van der Waals surface area (Å²) in [5.74, 6) is 0.726. The smallest absolute Gasteiger partial charge is 0.126 e. The Morgan fingerprint density at radius 3 is 2.85 bits per heavy atom. The maximum absolute atomic E-state index is 13.7. The second-order valence-corrected chi connectivity index (χ2v) is 6.10. The third-order valence-corrected chi connectivity index (χ3v) is 4.29. The van der Waals surface area contributed by atoms with Crippen LogP contribution in [-0.4, -0.2) is 31.1 Å². The molecule has 1 heterocycles. The topological polar surface area (TPSA) is 15.3 Å². The summed E-state index contributed by atoms with van der Waals surface area (Å²) in [7, 11) is 0. The van der Waals surface area contributed by atoms with Crippen molar-refractivity contribution in [2.24, 2.45) is 5.92 Å². The third-order valence-electron chi connectivity index (χ3n) is 4.29. The van der Waals surface area contributed by atoms with Gasteiger partial charge in [-0.3, -0.25) is 0 Å². The average molecular weight is 278 g/mol. The van der Waals surface area contributed by atoms with Gasteiger partial charge < -0.3 is 10.2 Å². The van der Waals surface area contributed by atoms with E-state index in [1.807, 2.05) is 13.0 Å². The highest BCUT2D eigenvalue weighted by Crippen LogP contribution is 2.22. The van der Waals surface area contributed by atoms with Crippen LogP contribution in [0.1, 0.15) is 43.9 Å². The van der Waals surface area contributed by atoms with Gasteiger partial charge in [0.25, 0.3) is 0 Å². The van der Waals surface area contributed by atoms with Crippen molar-refractivity contribution in [3.63, 3.8) is 0 Å². The van der Waals surface area contributed by atoms with Crippen molar-refractivity contribution in [2.75, 3.05) is 26.2 Å². The van der Waals surface area contributed by atoms with E-state index in [-0.39, 0.29) is 11.9 Å². The molecule has 20 heavy (non-hydrogen) atoms. The molecule has 2 atom stereocenters. The Bertz CT molecular complexity index is 433. The van der Waals surface area contributed by atoms with Crippen molar-refractivity contribution in [1.82, 2.24) is 10.2 Å². The summed E-state index contributed by atoms with van der Waals surface area (Å²) >= 11 is 0. The van der Waals surface area contributed by atoms with Crippen LogP contribution in [0.3, 0.4) is 0 Å². The van der Waals surface area contributed by atoms with E-state index in [2.05, 4.69) is 30.1 Å². The first kappa shape index (κ1) is 15.5. The van der Waals surface area contributed by atoms with Crippen molar-refractivity contribution in [3.8, 4) is 0 Å². The fourth-order valence-corrected chi connectivity index (χ4v) is 3.00. The van der Waals surface area contributed by atoms with Gasteiger partial charge in [0.1, 0.15) is 5.82 Å². The summed E-state index contributed by atoms with van der Waals surface area (Å²) < 4.78 is 13.7. The lowest BCUT2D eigenvalue weighted by Gasteiger charge is -2.22. The summed E-state index contributed by atoms with van der Waals surface area (Å²) in [6.07, 6.45) is 2.36. The first-order chi connectivity index (χ1) is 9.60. The van der Waals surface area contributed by atoms with Crippen LogP contribution < -0.4 is 5.32 Å². The third kappa shape index (κ3) is 4.03. The zero-order valence-electron chi connectivity index (χ0n) is 13.0. The minimum Gasteiger partial charge on any atom is -0.310 e. The first-order valence-corrected chi connectivity index (χ1v) is 7.82. The van der Waals surface area contributed by atoms with Gasteiger partial charge in [-0.05, 0) is 62.5 Å². The van der Waals surface area contributed by atoms with E-state index in [0.717, 1.165) is 36.6 Å². The highest BCUT2D eigenvalue weighted by atomic mass is 19.1. The molecule has 3 heteroatoms. The lowest BCUT2D eigenvalue weighted by molar-refractivity contribution is 0.302. The molecule has 0 bridgehead atoms. The van der Waals surface area contributed by atoms with E-state index in [1.54, 1.807) is 6.07 Å². The number of hydrogen-bond acceptors (Lipinski definition) is 2. The molecule has 112 valence electrons. The van der Waals surface area contributed by atoms with Crippen LogP contribution >= 0.6 is 0 Å². The standard InChI is InChI=1S/C17H27FN2/c1-4-19-17(8-10-20-9-7-13(2)12-20)15-6-5-14(3)16(18)11-15/h5-6,11,13,17,19H,4,7-10,12H2,1-3H3. The lowest BCUT2D eigenvalue weighted by atomic mass is 10.0. The monoisotopic (exact) mass is 278 g/mol. The lowest BCUT2D eigenvalue weighted by Crippen LogP contribution is -2.28. The Kier molecular flexibility index (Phi) is 5.55. The quantitative estimate of drug-likeness (QED) is 0.856. The minimum absolute atomic E-state index is 0.0970. The Morgan fingerprint density at radius 1 is 1.45 bits per heavy atom. The number of likely N-dealkylation sites (tertiary alicyclic amines) is 1. The molecule has 1 saturated heterocycles. The van der Waals surface area contributed by atoms with Crippen LogP contribution in [0.4, 0.5) is 4.39 Å². The normalized spacial score (nSPS) is 21.3. The van der Waals surface area contributed by atoms with E-state index in [9.17, 15) is 4.39 Å². The molecule has 0 radical (unpaired) electrons. The fraction of sp³-hybridized carbons (Fsp3) is 0.647. The molecular weight excluding hydrogens is 251 g/mol. The SMILES string of the molecule is CCNC(CCN1CCC(C)C1)c1ccc(C)c(F)c1. The zero-order valence-corrected chi connectivity index (χ0v) is 13.0. The number of halogens is 1. The van der Waals surface area contributed by atoms with E-state index >= 15 is 0 Å². The van der Waals surface area contributed by atoms with Gasteiger partial charge in [-0.15, -0.1) is 0 Å². The molecular formula is C17H27FN2. The fourth-order valence-electron chi connectivity index (χ4n) is 3.00. The van der Waals surface area contributed by atoms with Crippen LogP contribution in [-0.2, 0) is 0 Å². The van der Waals surface area contributed by atoms with Gasteiger partial charge in [-0.1, -0.05) is 26.0 Å². The number of benzene rings is 1. The Morgan fingerprint density at radius 2 is 2.25 bits per heavy atom. The van der Waals surface area contributed by atoms with Crippen LogP contribution in [0.2, 0.25) is 0 Å². The van der Waals surface area contributed by atoms with Crippen LogP contribution in [0.5, 0.6) is 0 Å². The second-order valence-electron chi connectivity index (χ2n) is 6.10. The highest BCUT2D eigenvalue weighted by molar-refractivity contribution is 5.25. The number of hydrogen-bond donors (Lipinski definition) is 1. The summed E-state index contributed by atoms with van der Waals surface area (Å²) in [5, 5.41) is 3.49. The predicted molar refractivity (Wildman–Crippen MR) is 82.4 cm³/mol. The van der Waals surface area contributed by atoms with E-state index in [4.69, 9.17) is 0 Å². The zero-order chi connectivity index (χ0) is 14.5. The molecule has 0 saturated carbocycles. The molecule has 1 aromatic rings. The molecule has 2 rings (SSSR count). The highest BCUT2D eigenvalue weighted by Gasteiger charge is 2.20. The summed E-state index contributed by atoms with van der Waals surface area (Å²) in [6, 6.07) is 5.88. The van der Waals surface area contributed by atoms with Crippen molar-refractivity contribution in [3.05, 3.63) is 35.1 Å². The summed E-state index contributed by atoms with van der Waals surface area (Å²) in [4.78, 5) is 2.53. The van der Waals surface area contributed by atoms with Crippen LogP contribution in [0.15, 0.2) is 18.2 Å². The molecule has 1 aliphatic rings. The largest absolute Gasteiger partial charge is 0.310 e.